The summed E-state index contributed by atoms with van der Waals surface area (Å²) in [7, 11) is 0. The van der Waals surface area contributed by atoms with E-state index in [1.54, 1.807) is 0 Å². The Labute approximate surface area is 98.2 Å². The predicted octanol–water partition coefficient (Wildman–Crippen LogP) is 2.15. The van der Waals surface area contributed by atoms with Crippen LogP contribution < -0.4 is 5.32 Å². The van der Waals surface area contributed by atoms with Gasteiger partial charge in [-0.25, -0.2) is 0 Å². The summed E-state index contributed by atoms with van der Waals surface area (Å²) in [6, 6.07) is 4.07. The molecule has 1 heterocycles. The van der Waals surface area contributed by atoms with Crippen molar-refractivity contribution in [3.8, 4) is 0 Å². The molecule has 90 valence electrons. The van der Waals surface area contributed by atoms with Gasteiger partial charge in [0, 0.05) is 31.6 Å². The molecule has 0 unspecified atom stereocenters. The summed E-state index contributed by atoms with van der Waals surface area (Å²) in [4.78, 5) is 4.25. The molecule has 0 saturated heterocycles. The van der Waals surface area contributed by atoms with Gasteiger partial charge in [-0.05, 0) is 24.5 Å². The van der Waals surface area contributed by atoms with E-state index in [-0.39, 0.29) is 0 Å². The summed E-state index contributed by atoms with van der Waals surface area (Å²) in [5, 5.41) is 3.35. The van der Waals surface area contributed by atoms with Gasteiger partial charge >= 0.3 is 0 Å². The SMILES string of the molecule is Cc1ncccc1CNCCOCC(C)C. The Bertz CT molecular complexity index is 300. The number of rotatable bonds is 7. The first-order valence-electron chi connectivity index (χ1n) is 5.89. The van der Waals surface area contributed by atoms with E-state index in [0.717, 1.165) is 32.0 Å². The van der Waals surface area contributed by atoms with Crippen LogP contribution in [0.1, 0.15) is 25.1 Å². The van der Waals surface area contributed by atoms with Crippen molar-refractivity contribution < 1.29 is 4.74 Å². The average Bonchev–Trinajstić information content (AvgIpc) is 2.25. The van der Waals surface area contributed by atoms with Gasteiger partial charge in [-0.1, -0.05) is 19.9 Å². The monoisotopic (exact) mass is 222 g/mol. The van der Waals surface area contributed by atoms with Crippen LogP contribution in [0.2, 0.25) is 0 Å². The van der Waals surface area contributed by atoms with Crippen molar-refractivity contribution >= 4 is 0 Å². The Morgan fingerprint density at radius 3 is 2.94 bits per heavy atom. The number of hydrogen-bond acceptors (Lipinski definition) is 3. The van der Waals surface area contributed by atoms with Gasteiger partial charge in [0.05, 0.1) is 6.61 Å². The quantitative estimate of drug-likeness (QED) is 0.718. The lowest BCUT2D eigenvalue weighted by atomic mass is 10.2. The molecule has 0 aliphatic heterocycles. The van der Waals surface area contributed by atoms with Gasteiger partial charge in [-0.3, -0.25) is 4.98 Å². The first-order valence-corrected chi connectivity index (χ1v) is 5.89. The molecule has 1 rings (SSSR count). The molecular formula is C13H22N2O. The molecule has 3 heteroatoms. The number of nitrogens with zero attached hydrogens (tertiary/aromatic N) is 1. The Morgan fingerprint density at radius 1 is 1.44 bits per heavy atom. The van der Waals surface area contributed by atoms with Crippen molar-refractivity contribution in [3.05, 3.63) is 29.6 Å². The van der Waals surface area contributed by atoms with Gasteiger partial charge in [-0.15, -0.1) is 0 Å². The third kappa shape index (κ3) is 5.24. The molecule has 0 amide bonds. The van der Waals surface area contributed by atoms with Crippen molar-refractivity contribution in [3.63, 3.8) is 0 Å². The molecule has 0 atom stereocenters. The average molecular weight is 222 g/mol. The standard InChI is InChI=1S/C13H22N2O/c1-11(2)10-16-8-7-14-9-13-5-4-6-15-12(13)3/h4-6,11,14H,7-10H2,1-3H3. The molecule has 0 saturated carbocycles. The second-order valence-corrected chi connectivity index (χ2v) is 4.39. The van der Waals surface area contributed by atoms with Crippen molar-refractivity contribution in [1.82, 2.24) is 10.3 Å². The number of ether oxygens (including phenoxy) is 1. The van der Waals surface area contributed by atoms with E-state index in [1.807, 2.05) is 19.2 Å². The number of nitrogens with one attached hydrogen (secondary N) is 1. The Morgan fingerprint density at radius 2 is 2.25 bits per heavy atom. The van der Waals surface area contributed by atoms with Crippen LogP contribution in [0.5, 0.6) is 0 Å². The molecule has 0 aromatic carbocycles. The molecule has 16 heavy (non-hydrogen) atoms. The van der Waals surface area contributed by atoms with E-state index >= 15 is 0 Å². The minimum Gasteiger partial charge on any atom is -0.380 e. The summed E-state index contributed by atoms with van der Waals surface area (Å²) in [5.74, 6) is 0.612. The first-order chi connectivity index (χ1) is 7.70. The molecule has 1 aromatic heterocycles. The lowest BCUT2D eigenvalue weighted by molar-refractivity contribution is 0.111. The number of hydrogen-bond donors (Lipinski definition) is 1. The topological polar surface area (TPSA) is 34.2 Å². The van der Waals surface area contributed by atoms with Gasteiger partial charge < -0.3 is 10.1 Å². The Balaban J connectivity index is 2.10. The van der Waals surface area contributed by atoms with Gasteiger partial charge in [0.1, 0.15) is 0 Å². The van der Waals surface area contributed by atoms with Gasteiger partial charge in [0.25, 0.3) is 0 Å². The van der Waals surface area contributed by atoms with Crippen LogP contribution in [0.4, 0.5) is 0 Å². The maximum absolute atomic E-state index is 5.49. The summed E-state index contributed by atoms with van der Waals surface area (Å²) >= 11 is 0. The molecule has 0 radical (unpaired) electrons. The zero-order chi connectivity index (χ0) is 11.8. The molecule has 1 aromatic rings. The number of aryl methyl sites for hydroxylation is 1. The van der Waals surface area contributed by atoms with E-state index in [9.17, 15) is 0 Å². The highest BCUT2D eigenvalue weighted by molar-refractivity contribution is 5.17. The van der Waals surface area contributed by atoms with E-state index in [1.165, 1.54) is 5.56 Å². The van der Waals surface area contributed by atoms with Crippen LogP contribution in [0, 0.1) is 12.8 Å². The van der Waals surface area contributed by atoms with Gasteiger partial charge in [0.2, 0.25) is 0 Å². The zero-order valence-corrected chi connectivity index (χ0v) is 10.5. The summed E-state index contributed by atoms with van der Waals surface area (Å²) in [5.41, 5.74) is 2.35. The largest absolute Gasteiger partial charge is 0.380 e. The Kier molecular flexibility index (Phi) is 6.04. The fourth-order valence-electron chi connectivity index (χ4n) is 1.39. The molecule has 3 nitrogen and oxygen atoms in total. The maximum Gasteiger partial charge on any atom is 0.0591 e. The highest BCUT2D eigenvalue weighted by atomic mass is 16.5. The molecule has 0 aliphatic carbocycles. The second-order valence-electron chi connectivity index (χ2n) is 4.39. The fraction of sp³-hybridized carbons (Fsp3) is 0.615. The van der Waals surface area contributed by atoms with Crippen LogP contribution in [-0.2, 0) is 11.3 Å². The number of aromatic nitrogens is 1. The van der Waals surface area contributed by atoms with Crippen molar-refractivity contribution in [2.45, 2.75) is 27.3 Å². The third-order valence-corrected chi connectivity index (χ3v) is 2.31. The van der Waals surface area contributed by atoms with E-state index in [0.29, 0.717) is 5.92 Å². The van der Waals surface area contributed by atoms with E-state index in [4.69, 9.17) is 4.74 Å². The van der Waals surface area contributed by atoms with Gasteiger partial charge in [-0.2, -0.15) is 0 Å². The summed E-state index contributed by atoms with van der Waals surface area (Å²) in [6.07, 6.45) is 1.82. The van der Waals surface area contributed by atoms with Crippen LogP contribution in [-0.4, -0.2) is 24.7 Å². The molecule has 0 bridgehead atoms. The van der Waals surface area contributed by atoms with E-state index < -0.39 is 0 Å². The highest BCUT2D eigenvalue weighted by Gasteiger charge is 1.97. The minimum absolute atomic E-state index is 0.612. The smallest absolute Gasteiger partial charge is 0.0591 e. The van der Waals surface area contributed by atoms with Gasteiger partial charge in [0.15, 0.2) is 0 Å². The van der Waals surface area contributed by atoms with E-state index in [2.05, 4.69) is 30.2 Å². The second kappa shape index (κ2) is 7.36. The molecule has 0 aliphatic rings. The fourth-order valence-corrected chi connectivity index (χ4v) is 1.39. The number of pyridine rings is 1. The van der Waals surface area contributed by atoms with Crippen molar-refractivity contribution in [1.29, 1.82) is 0 Å². The lowest BCUT2D eigenvalue weighted by Gasteiger charge is -2.08. The lowest BCUT2D eigenvalue weighted by Crippen LogP contribution is -2.20. The molecular weight excluding hydrogens is 200 g/mol. The van der Waals surface area contributed by atoms with Crippen LogP contribution in [0.3, 0.4) is 0 Å². The van der Waals surface area contributed by atoms with Crippen LogP contribution in [0.15, 0.2) is 18.3 Å². The first kappa shape index (κ1) is 13.1. The molecule has 0 spiro atoms. The summed E-state index contributed by atoms with van der Waals surface area (Å²) < 4.78 is 5.49. The summed E-state index contributed by atoms with van der Waals surface area (Å²) in [6.45, 7) is 9.72. The molecule has 0 fully saturated rings. The molecule has 1 N–H and O–H groups in total. The minimum atomic E-state index is 0.612. The zero-order valence-electron chi connectivity index (χ0n) is 10.5. The third-order valence-electron chi connectivity index (χ3n) is 2.31. The predicted molar refractivity (Wildman–Crippen MR) is 66.3 cm³/mol. The van der Waals surface area contributed by atoms with Crippen molar-refractivity contribution in [2.75, 3.05) is 19.8 Å². The Hall–Kier alpha value is -0.930. The highest BCUT2D eigenvalue weighted by Crippen LogP contribution is 2.02. The van der Waals surface area contributed by atoms with Crippen LogP contribution >= 0.6 is 0 Å². The maximum atomic E-state index is 5.49. The van der Waals surface area contributed by atoms with Crippen LogP contribution in [0.25, 0.3) is 0 Å². The van der Waals surface area contributed by atoms with Crippen molar-refractivity contribution in [2.24, 2.45) is 5.92 Å². The normalized spacial score (nSPS) is 11.0.